The minimum Gasteiger partial charge on any atom is -0.478 e. The van der Waals surface area contributed by atoms with E-state index in [2.05, 4.69) is 20.0 Å². The van der Waals surface area contributed by atoms with E-state index in [1.165, 1.54) is 28.9 Å². The van der Waals surface area contributed by atoms with Gasteiger partial charge in [-0.2, -0.15) is 13.2 Å². The molecule has 1 amide bonds. The normalized spacial score (nSPS) is 17.2. The van der Waals surface area contributed by atoms with Crippen LogP contribution in [0.15, 0.2) is 36.8 Å². The van der Waals surface area contributed by atoms with Crippen molar-refractivity contribution in [1.29, 1.82) is 0 Å². The fourth-order valence-corrected chi connectivity index (χ4v) is 5.18. The lowest BCUT2D eigenvalue weighted by molar-refractivity contribution is -0.153. The van der Waals surface area contributed by atoms with E-state index in [-0.39, 0.29) is 41.7 Å². The fourth-order valence-electron chi connectivity index (χ4n) is 3.45. The highest BCUT2D eigenvalue weighted by Crippen LogP contribution is 2.31. The van der Waals surface area contributed by atoms with E-state index in [0.717, 1.165) is 12.3 Å². The van der Waals surface area contributed by atoms with Crippen molar-refractivity contribution in [3.05, 3.63) is 48.3 Å². The van der Waals surface area contributed by atoms with Gasteiger partial charge in [0.15, 0.2) is 12.4 Å². The third-order valence-corrected chi connectivity index (χ3v) is 7.04. The van der Waals surface area contributed by atoms with Gasteiger partial charge in [-0.3, -0.25) is 4.79 Å². The quantitative estimate of drug-likeness (QED) is 0.501. The Morgan fingerprint density at radius 2 is 1.94 bits per heavy atom. The van der Waals surface area contributed by atoms with Crippen molar-refractivity contribution < 1.29 is 40.2 Å². The van der Waals surface area contributed by atoms with Crippen molar-refractivity contribution in [2.24, 2.45) is 0 Å². The molecule has 0 unspecified atom stereocenters. The van der Waals surface area contributed by atoms with Crippen LogP contribution in [0, 0.1) is 5.82 Å². The second-order valence-electron chi connectivity index (χ2n) is 8.39. The number of carbonyl (C=O) groups is 1. The molecular formula is C21H20F4N4O5S. The smallest absolute Gasteiger partial charge is 0.422 e. The number of hydrogen-bond acceptors (Lipinski definition) is 7. The van der Waals surface area contributed by atoms with Gasteiger partial charge in [0.1, 0.15) is 32.7 Å². The van der Waals surface area contributed by atoms with Crippen LogP contribution in [0.2, 0.25) is 0 Å². The number of amides is 1. The largest absolute Gasteiger partial charge is 0.478 e. The first-order valence-electron chi connectivity index (χ1n) is 10.4. The zero-order valence-corrected chi connectivity index (χ0v) is 19.1. The molecule has 0 aliphatic carbocycles. The highest BCUT2D eigenvalue weighted by atomic mass is 32.2. The molecule has 0 bridgehead atoms. The molecule has 3 aromatic rings. The molecule has 0 saturated carbocycles. The molecule has 14 heteroatoms. The SMILES string of the molecule is CC1(NC(=O)c2cn3cc(Oc4ncc(F)cc4OCC(F)(F)F)ccc3n2)CCS(=O)(=O)CC1. The van der Waals surface area contributed by atoms with Gasteiger partial charge in [0.25, 0.3) is 11.8 Å². The van der Waals surface area contributed by atoms with E-state index in [9.17, 15) is 30.8 Å². The molecule has 35 heavy (non-hydrogen) atoms. The van der Waals surface area contributed by atoms with Crippen molar-refractivity contribution in [3.8, 4) is 17.4 Å². The molecule has 4 heterocycles. The summed E-state index contributed by atoms with van der Waals surface area (Å²) < 4.78 is 85.9. The summed E-state index contributed by atoms with van der Waals surface area (Å²) in [7, 11) is -3.10. The number of halogens is 4. The Labute approximate surface area is 197 Å². The number of nitrogens with zero attached hydrogens (tertiary/aromatic N) is 3. The first kappa shape index (κ1) is 24.7. The Kier molecular flexibility index (Phi) is 6.34. The van der Waals surface area contributed by atoms with Crippen LogP contribution in [-0.2, 0) is 9.84 Å². The molecule has 9 nitrogen and oxygen atoms in total. The lowest BCUT2D eigenvalue weighted by atomic mass is 9.95. The number of carbonyl (C=O) groups excluding carboxylic acids is 1. The minimum atomic E-state index is -4.64. The Balaban J connectivity index is 1.50. The maximum Gasteiger partial charge on any atom is 0.422 e. The lowest BCUT2D eigenvalue weighted by Gasteiger charge is -2.34. The van der Waals surface area contributed by atoms with E-state index >= 15 is 0 Å². The summed E-state index contributed by atoms with van der Waals surface area (Å²) in [6, 6.07) is 3.67. The average molecular weight is 516 g/mol. The van der Waals surface area contributed by atoms with Gasteiger partial charge < -0.3 is 19.2 Å². The Morgan fingerprint density at radius 1 is 1.23 bits per heavy atom. The van der Waals surface area contributed by atoms with Crippen molar-refractivity contribution in [2.45, 2.75) is 31.5 Å². The van der Waals surface area contributed by atoms with E-state index in [1.807, 2.05) is 0 Å². The van der Waals surface area contributed by atoms with Crippen LogP contribution in [0.5, 0.6) is 17.4 Å². The summed E-state index contributed by atoms with van der Waals surface area (Å²) in [5.41, 5.74) is -0.238. The van der Waals surface area contributed by atoms with Gasteiger partial charge in [-0.05, 0) is 31.9 Å². The van der Waals surface area contributed by atoms with Crippen LogP contribution in [0.1, 0.15) is 30.3 Å². The lowest BCUT2D eigenvalue weighted by Crippen LogP contribution is -2.51. The van der Waals surface area contributed by atoms with Gasteiger partial charge in [0, 0.05) is 17.8 Å². The van der Waals surface area contributed by atoms with Gasteiger partial charge in [-0.15, -0.1) is 0 Å². The molecule has 188 valence electrons. The van der Waals surface area contributed by atoms with Crippen molar-refractivity contribution in [2.75, 3.05) is 18.1 Å². The van der Waals surface area contributed by atoms with Crippen molar-refractivity contribution in [3.63, 3.8) is 0 Å². The van der Waals surface area contributed by atoms with Gasteiger partial charge in [0.05, 0.1) is 23.9 Å². The highest BCUT2D eigenvalue weighted by Gasteiger charge is 2.35. The van der Waals surface area contributed by atoms with Gasteiger partial charge >= 0.3 is 6.18 Å². The van der Waals surface area contributed by atoms with E-state index in [4.69, 9.17) is 4.74 Å². The number of pyridine rings is 2. The number of imidazole rings is 1. The third kappa shape index (κ3) is 6.18. The van der Waals surface area contributed by atoms with Crippen LogP contribution in [0.4, 0.5) is 17.6 Å². The number of sulfone groups is 1. The number of aromatic nitrogens is 3. The van der Waals surface area contributed by atoms with Crippen LogP contribution < -0.4 is 14.8 Å². The summed E-state index contributed by atoms with van der Waals surface area (Å²) in [5, 5.41) is 2.84. The molecule has 1 aliphatic rings. The Bertz CT molecular complexity index is 1360. The standard InChI is InChI=1S/C21H20F4N4O5S/c1-20(4-6-35(31,32)7-5-20)28-18(30)15-11-29-10-14(2-3-17(29)27-15)34-19-16(8-13(22)9-26-19)33-12-21(23,24)25/h2-3,8-11H,4-7,12H2,1H3,(H,28,30). The molecule has 4 rings (SSSR count). The highest BCUT2D eigenvalue weighted by molar-refractivity contribution is 7.91. The maximum atomic E-state index is 13.5. The molecule has 0 atom stereocenters. The van der Waals surface area contributed by atoms with Crippen LogP contribution in [0.25, 0.3) is 5.65 Å². The molecule has 0 spiro atoms. The summed E-state index contributed by atoms with van der Waals surface area (Å²) in [6.07, 6.45) is -0.470. The Morgan fingerprint density at radius 3 is 2.63 bits per heavy atom. The summed E-state index contributed by atoms with van der Waals surface area (Å²) in [4.78, 5) is 20.6. The molecular weight excluding hydrogens is 496 g/mol. The number of fused-ring (bicyclic) bond motifs is 1. The molecule has 3 aromatic heterocycles. The molecule has 1 fully saturated rings. The van der Waals surface area contributed by atoms with Crippen LogP contribution >= 0.6 is 0 Å². The van der Waals surface area contributed by atoms with E-state index in [0.29, 0.717) is 5.65 Å². The Hall–Kier alpha value is -3.42. The van der Waals surface area contributed by atoms with Crippen molar-refractivity contribution in [1.82, 2.24) is 19.7 Å². The van der Waals surface area contributed by atoms with Crippen LogP contribution in [-0.4, -0.2) is 58.5 Å². The predicted molar refractivity (Wildman–Crippen MR) is 115 cm³/mol. The average Bonchev–Trinajstić information content (AvgIpc) is 3.19. The molecule has 1 aliphatic heterocycles. The fraction of sp³-hybridized carbons (Fsp3) is 0.381. The first-order chi connectivity index (χ1) is 16.3. The second-order valence-corrected chi connectivity index (χ2v) is 10.7. The van der Waals surface area contributed by atoms with Gasteiger partial charge in [-0.1, -0.05) is 0 Å². The number of rotatable bonds is 6. The first-order valence-corrected chi connectivity index (χ1v) is 12.2. The summed E-state index contributed by atoms with van der Waals surface area (Å²) >= 11 is 0. The zero-order chi connectivity index (χ0) is 25.4. The third-order valence-electron chi connectivity index (χ3n) is 5.39. The zero-order valence-electron chi connectivity index (χ0n) is 18.3. The number of alkyl halides is 3. The monoisotopic (exact) mass is 516 g/mol. The van der Waals surface area contributed by atoms with E-state index in [1.54, 1.807) is 6.92 Å². The van der Waals surface area contributed by atoms with Gasteiger partial charge in [-0.25, -0.2) is 22.8 Å². The minimum absolute atomic E-state index is 0.0122. The topological polar surface area (TPSA) is 112 Å². The van der Waals surface area contributed by atoms with Gasteiger partial charge in [0.2, 0.25) is 0 Å². The van der Waals surface area contributed by atoms with Crippen LogP contribution in [0.3, 0.4) is 0 Å². The van der Waals surface area contributed by atoms with Crippen molar-refractivity contribution >= 4 is 21.4 Å². The number of ether oxygens (including phenoxy) is 2. The molecule has 0 radical (unpaired) electrons. The second kappa shape index (κ2) is 8.98. The molecule has 1 N–H and O–H groups in total. The molecule has 0 aromatic carbocycles. The van der Waals surface area contributed by atoms with E-state index < -0.39 is 45.6 Å². The number of nitrogens with one attached hydrogen (secondary N) is 1. The maximum absolute atomic E-state index is 13.5. The number of hydrogen-bond donors (Lipinski definition) is 1. The molecule has 1 saturated heterocycles. The summed E-state index contributed by atoms with van der Waals surface area (Å²) in [5.74, 6) is -2.21. The summed E-state index contributed by atoms with van der Waals surface area (Å²) in [6.45, 7) is 0.119. The predicted octanol–water partition coefficient (Wildman–Crippen LogP) is 3.30.